The van der Waals surface area contributed by atoms with Gasteiger partial charge in [-0.15, -0.1) is 11.3 Å². The monoisotopic (exact) mass is 301 g/mol. The molecule has 0 atom stereocenters. The Kier molecular flexibility index (Phi) is 4.03. The summed E-state index contributed by atoms with van der Waals surface area (Å²) in [6, 6.07) is 1.92. The SMILES string of the molecule is CCCN(CC1CC1)C(=O)c1csc(Br)c1. The van der Waals surface area contributed by atoms with Crippen molar-refractivity contribution in [1.82, 2.24) is 4.90 Å². The average Bonchev–Trinajstić information content (AvgIpc) is 2.97. The summed E-state index contributed by atoms with van der Waals surface area (Å²) in [5.41, 5.74) is 0.825. The molecule has 0 spiro atoms. The van der Waals surface area contributed by atoms with E-state index < -0.39 is 0 Å². The summed E-state index contributed by atoms with van der Waals surface area (Å²) in [7, 11) is 0. The zero-order chi connectivity index (χ0) is 11.5. The van der Waals surface area contributed by atoms with E-state index >= 15 is 0 Å². The first-order valence-corrected chi connectivity index (χ1v) is 7.41. The van der Waals surface area contributed by atoms with E-state index in [0.29, 0.717) is 0 Å². The van der Waals surface area contributed by atoms with Gasteiger partial charge in [0.1, 0.15) is 0 Å². The molecule has 0 aromatic carbocycles. The van der Waals surface area contributed by atoms with E-state index in [1.807, 2.05) is 16.3 Å². The van der Waals surface area contributed by atoms with Crippen molar-refractivity contribution in [2.45, 2.75) is 26.2 Å². The van der Waals surface area contributed by atoms with Crippen LogP contribution in [0.25, 0.3) is 0 Å². The minimum atomic E-state index is 0.190. The number of thiophene rings is 1. The van der Waals surface area contributed by atoms with Gasteiger partial charge in [-0.2, -0.15) is 0 Å². The van der Waals surface area contributed by atoms with Crippen molar-refractivity contribution in [3.8, 4) is 0 Å². The Morgan fingerprint density at radius 1 is 1.62 bits per heavy atom. The number of carbonyl (C=O) groups excluding carboxylic acids is 1. The summed E-state index contributed by atoms with van der Waals surface area (Å²) in [6.07, 6.45) is 3.62. The van der Waals surface area contributed by atoms with E-state index in [1.54, 1.807) is 11.3 Å². The van der Waals surface area contributed by atoms with Crippen LogP contribution in [-0.4, -0.2) is 23.9 Å². The van der Waals surface area contributed by atoms with Crippen LogP contribution in [0.5, 0.6) is 0 Å². The molecule has 1 heterocycles. The van der Waals surface area contributed by atoms with Crippen LogP contribution >= 0.6 is 27.3 Å². The molecule has 0 N–H and O–H groups in total. The van der Waals surface area contributed by atoms with Crippen LogP contribution in [-0.2, 0) is 0 Å². The highest BCUT2D eigenvalue weighted by molar-refractivity contribution is 9.11. The molecule has 2 nitrogen and oxygen atoms in total. The fourth-order valence-electron chi connectivity index (χ4n) is 1.76. The number of halogens is 1. The molecule has 0 radical (unpaired) electrons. The lowest BCUT2D eigenvalue weighted by molar-refractivity contribution is 0.0748. The molecule has 1 fully saturated rings. The molecule has 0 unspecified atom stereocenters. The van der Waals surface area contributed by atoms with E-state index in [9.17, 15) is 4.79 Å². The maximum absolute atomic E-state index is 12.2. The molecule has 88 valence electrons. The number of hydrogen-bond acceptors (Lipinski definition) is 2. The van der Waals surface area contributed by atoms with E-state index in [4.69, 9.17) is 0 Å². The summed E-state index contributed by atoms with van der Waals surface area (Å²) < 4.78 is 1.03. The predicted molar refractivity (Wildman–Crippen MR) is 70.9 cm³/mol. The van der Waals surface area contributed by atoms with Crippen molar-refractivity contribution < 1.29 is 4.79 Å². The van der Waals surface area contributed by atoms with E-state index in [0.717, 1.165) is 34.8 Å². The van der Waals surface area contributed by atoms with Crippen LogP contribution < -0.4 is 0 Å². The lowest BCUT2D eigenvalue weighted by atomic mass is 10.2. The number of hydrogen-bond donors (Lipinski definition) is 0. The smallest absolute Gasteiger partial charge is 0.254 e. The topological polar surface area (TPSA) is 20.3 Å². The van der Waals surface area contributed by atoms with E-state index in [-0.39, 0.29) is 5.91 Å². The minimum absolute atomic E-state index is 0.190. The molecule has 1 saturated carbocycles. The average molecular weight is 302 g/mol. The number of amides is 1. The molecule has 4 heteroatoms. The molecule has 0 saturated heterocycles. The van der Waals surface area contributed by atoms with Crippen LogP contribution in [0.2, 0.25) is 0 Å². The van der Waals surface area contributed by atoms with Gasteiger partial charge in [-0.1, -0.05) is 6.92 Å². The van der Waals surface area contributed by atoms with Gasteiger partial charge >= 0.3 is 0 Å². The molecule has 2 rings (SSSR count). The number of rotatable bonds is 5. The van der Waals surface area contributed by atoms with Crippen LogP contribution in [0.4, 0.5) is 0 Å². The zero-order valence-corrected chi connectivity index (χ0v) is 11.8. The molecule has 1 aliphatic carbocycles. The van der Waals surface area contributed by atoms with Gasteiger partial charge < -0.3 is 4.90 Å². The Balaban J connectivity index is 2.02. The molecule has 1 aromatic rings. The molecule has 1 amide bonds. The maximum Gasteiger partial charge on any atom is 0.254 e. The van der Waals surface area contributed by atoms with Crippen LogP contribution in [0.3, 0.4) is 0 Å². The van der Waals surface area contributed by atoms with Crippen LogP contribution in [0.15, 0.2) is 15.2 Å². The summed E-state index contributed by atoms with van der Waals surface area (Å²) in [5.74, 6) is 0.952. The van der Waals surface area contributed by atoms with Crippen molar-refractivity contribution in [3.05, 3.63) is 20.8 Å². The number of carbonyl (C=O) groups is 1. The lowest BCUT2D eigenvalue weighted by Gasteiger charge is -2.21. The quantitative estimate of drug-likeness (QED) is 0.810. The third kappa shape index (κ3) is 3.08. The molecule has 0 bridgehead atoms. The van der Waals surface area contributed by atoms with Crippen molar-refractivity contribution in [1.29, 1.82) is 0 Å². The Labute approximate surface area is 109 Å². The summed E-state index contributed by atoms with van der Waals surface area (Å²) in [5, 5.41) is 1.93. The second-order valence-corrected chi connectivity index (χ2v) is 6.62. The second kappa shape index (κ2) is 5.32. The van der Waals surface area contributed by atoms with Gasteiger partial charge in [0.05, 0.1) is 9.35 Å². The zero-order valence-electron chi connectivity index (χ0n) is 9.41. The third-order valence-corrected chi connectivity index (χ3v) is 4.28. The fourth-order valence-corrected chi connectivity index (χ4v) is 2.89. The molecule has 0 aliphatic heterocycles. The first-order chi connectivity index (χ1) is 7.70. The van der Waals surface area contributed by atoms with Crippen molar-refractivity contribution in [2.24, 2.45) is 5.92 Å². The summed E-state index contributed by atoms with van der Waals surface area (Å²) in [4.78, 5) is 14.2. The fraction of sp³-hybridized carbons (Fsp3) is 0.583. The largest absolute Gasteiger partial charge is 0.338 e. The highest BCUT2D eigenvalue weighted by Crippen LogP contribution is 2.30. The van der Waals surface area contributed by atoms with Gasteiger partial charge in [0.15, 0.2) is 0 Å². The van der Waals surface area contributed by atoms with Crippen molar-refractivity contribution in [3.63, 3.8) is 0 Å². The molecule has 1 aromatic heterocycles. The highest BCUT2D eigenvalue weighted by atomic mass is 79.9. The lowest BCUT2D eigenvalue weighted by Crippen LogP contribution is -2.33. The van der Waals surface area contributed by atoms with E-state index in [1.165, 1.54) is 12.8 Å². The third-order valence-electron chi connectivity index (χ3n) is 2.77. The second-order valence-electron chi connectivity index (χ2n) is 4.33. The van der Waals surface area contributed by atoms with Crippen molar-refractivity contribution >= 4 is 33.2 Å². The first kappa shape index (κ1) is 12.1. The van der Waals surface area contributed by atoms with Gasteiger partial charge in [0, 0.05) is 18.5 Å². The van der Waals surface area contributed by atoms with Crippen LogP contribution in [0, 0.1) is 5.92 Å². The molecular formula is C12H16BrNOS. The van der Waals surface area contributed by atoms with Crippen LogP contribution in [0.1, 0.15) is 36.5 Å². The predicted octanol–water partition coefficient (Wildman–Crippen LogP) is 3.77. The van der Waals surface area contributed by atoms with Gasteiger partial charge in [0.25, 0.3) is 5.91 Å². The summed E-state index contributed by atoms with van der Waals surface area (Å²) in [6.45, 7) is 3.94. The Morgan fingerprint density at radius 2 is 2.38 bits per heavy atom. The Bertz CT molecular complexity index is 373. The normalized spacial score (nSPS) is 15.1. The van der Waals surface area contributed by atoms with Gasteiger partial charge in [0.2, 0.25) is 0 Å². The van der Waals surface area contributed by atoms with Gasteiger partial charge in [-0.25, -0.2) is 0 Å². The number of nitrogens with zero attached hydrogens (tertiary/aromatic N) is 1. The molecule has 1 aliphatic rings. The van der Waals surface area contributed by atoms with Gasteiger partial charge in [-0.05, 0) is 47.2 Å². The Morgan fingerprint density at radius 3 is 2.88 bits per heavy atom. The minimum Gasteiger partial charge on any atom is -0.338 e. The highest BCUT2D eigenvalue weighted by Gasteiger charge is 2.27. The Hall–Kier alpha value is -0.350. The maximum atomic E-state index is 12.2. The molecular weight excluding hydrogens is 286 g/mol. The standard InChI is InChI=1S/C12H16BrNOS/c1-2-5-14(7-9-3-4-9)12(15)10-6-11(13)16-8-10/h6,8-9H,2-5,7H2,1H3. The first-order valence-electron chi connectivity index (χ1n) is 5.74. The molecule has 16 heavy (non-hydrogen) atoms. The summed E-state index contributed by atoms with van der Waals surface area (Å²) >= 11 is 4.97. The van der Waals surface area contributed by atoms with Crippen molar-refractivity contribution in [2.75, 3.05) is 13.1 Å². The van der Waals surface area contributed by atoms with E-state index in [2.05, 4.69) is 22.9 Å². The van der Waals surface area contributed by atoms with Gasteiger partial charge in [-0.3, -0.25) is 4.79 Å².